The minimum atomic E-state index is -0.571. The van der Waals surface area contributed by atoms with E-state index in [0.717, 1.165) is 19.0 Å². The molecule has 1 aliphatic rings. The Morgan fingerprint density at radius 3 is 2.94 bits per heavy atom. The smallest absolute Gasteiger partial charge is 0.254 e. The van der Waals surface area contributed by atoms with Gasteiger partial charge in [-0.25, -0.2) is 4.39 Å². The van der Waals surface area contributed by atoms with Gasteiger partial charge in [-0.1, -0.05) is 13.3 Å². The van der Waals surface area contributed by atoms with Gasteiger partial charge in [0.15, 0.2) is 5.82 Å². The van der Waals surface area contributed by atoms with Crippen LogP contribution in [0, 0.1) is 11.2 Å². The number of nitrogens with zero attached hydrogens (tertiary/aromatic N) is 1. The van der Waals surface area contributed by atoms with E-state index < -0.39 is 5.82 Å². The molecule has 1 saturated carbocycles. The summed E-state index contributed by atoms with van der Waals surface area (Å²) in [6.45, 7) is 2.76. The Bertz CT molecular complexity index is 402. The third-order valence-electron chi connectivity index (χ3n) is 3.25. The number of hydrogen-bond acceptors (Lipinski definition) is 2. The van der Waals surface area contributed by atoms with E-state index in [1.807, 2.05) is 0 Å². The first-order valence-corrected chi connectivity index (χ1v) is 5.48. The summed E-state index contributed by atoms with van der Waals surface area (Å²) >= 11 is 0. The average Bonchev–Trinajstić information content (AvgIpc) is 2.24. The van der Waals surface area contributed by atoms with Crippen LogP contribution in [0.25, 0.3) is 0 Å². The number of rotatable bonds is 3. The molecule has 1 fully saturated rings. The first-order valence-electron chi connectivity index (χ1n) is 5.48. The molecule has 0 unspecified atom stereocenters. The van der Waals surface area contributed by atoms with Crippen molar-refractivity contribution in [2.24, 2.45) is 5.41 Å². The topological polar surface area (TPSA) is 42.0 Å². The van der Waals surface area contributed by atoms with Gasteiger partial charge in [-0.15, -0.1) is 0 Å². The maximum atomic E-state index is 13.2. The summed E-state index contributed by atoms with van der Waals surface area (Å²) in [6.07, 6.45) is 5.96. The lowest BCUT2D eigenvalue weighted by Crippen LogP contribution is -2.40. The molecule has 0 bridgehead atoms. The summed E-state index contributed by atoms with van der Waals surface area (Å²) in [6, 6.07) is 1.40. The van der Waals surface area contributed by atoms with E-state index in [2.05, 4.69) is 17.2 Å². The van der Waals surface area contributed by atoms with Crippen molar-refractivity contribution in [3.63, 3.8) is 0 Å². The third kappa shape index (κ3) is 2.21. The molecule has 1 aromatic heterocycles. The number of amides is 1. The van der Waals surface area contributed by atoms with E-state index in [1.54, 1.807) is 0 Å². The highest BCUT2D eigenvalue weighted by molar-refractivity contribution is 5.94. The Kier molecular flexibility index (Phi) is 2.90. The zero-order chi connectivity index (χ0) is 11.6. The molecule has 0 radical (unpaired) electrons. The molecule has 1 aliphatic carbocycles. The van der Waals surface area contributed by atoms with Crippen LogP contribution in [0.5, 0.6) is 0 Å². The lowest BCUT2D eigenvalue weighted by Gasteiger charge is -2.38. The number of hydrogen-bond donors (Lipinski definition) is 1. The van der Waals surface area contributed by atoms with Crippen LogP contribution in [0.3, 0.4) is 0 Å². The Morgan fingerprint density at radius 1 is 1.62 bits per heavy atom. The number of halogens is 1. The van der Waals surface area contributed by atoms with Crippen LogP contribution in [0.4, 0.5) is 4.39 Å². The lowest BCUT2D eigenvalue weighted by molar-refractivity contribution is 0.0886. The molecule has 0 spiro atoms. The lowest BCUT2D eigenvalue weighted by atomic mass is 9.70. The van der Waals surface area contributed by atoms with E-state index in [1.165, 1.54) is 18.7 Å². The van der Waals surface area contributed by atoms with E-state index in [9.17, 15) is 9.18 Å². The summed E-state index contributed by atoms with van der Waals surface area (Å²) in [4.78, 5) is 15.3. The first-order chi connectivity index (χ1) is 7.61. The molecule has 0 aromatic carbocycles. The van der Waals surface area contributed by atoms with Crippen molar-refractivity contribution in [2.75, 3.05) is 6.54 Å². The number of aromatic nitrogens is 1. The number of nitrogens with one attached hydrogen (secondary N) is 1. The molecular weight excluding hydrogens is 207 g/mol. The Balaban J connectivity index is 1.96. The SMILES string of the molecule is CC1(CNC(=O)c2ccncc2F)CCC1. The van der Waals surface area contributed by atoms with Gasteiger partial charge < -0.3 is 5.32 Å². The minimum absolute atomic E-state index is 0.0675. The Morgan fingerprint density at radius 2 is 2.38 bits per heavy atom. The highest BCUT2D eigenvalue weighted by Gasteiger charge is 2.32. The average molecular weight is 222 g/mol. The molecule has 1 heterocycles. The fourth-order valence-electron chi connectivity index (χ4n) is 1.91. The number of carbonyl (C=O) groups excluding carboxylic acids is 1. The van der Waals surface area contributed by atoms with Crippen LogP contribution >= 0.6 is 0 Å². The molecule has 4 heteroatoms. The van der Waals surface area contributed by atoms with Gasteiger partial charge in [-0.05, 0) is 24.3 Å². The van der Waals surface area contributed by atoms with Gasteiger partial charge in [-0.3, -0.25) is 9.78 Å². The van der Waals surface area contributed by atoms with E-state index >= 15 is 0 Å². The number of carbonyl (C=O) groups is 1. The Labute approximate surface area is 94.1 Å². The molecule has 2 rings (SSSR count). The minimum Gasteiger partial charge on any atom is -0.351 e. The van der Waals surface area contributed by atoms with Gasteiger partial charge in [0.1, 0.15) is 0 Å². The van der Waals surface area contributed by atoms with Gasteiger partial charge in [-0.2, -0.15) is 0 Å². The van der Waals surface area contributed by atoms with E-state index in [0.29, 0.717) is 6.54 Å². The highest BCUT2D eigenvalue weighted by atomic mass is 19.1. The fraction of sp³-hybridized carbons (Fsp3) is 0.500. The van der Waals surface area contributed by atoms with Crippen molar-refractivity contribution in [1.29, 1.82) is 0 Å². The molecule has 1 amide bonds. The normalized spacial score (nSPS) is 17.6. The second kappa shape index (κ2) is 4.20. The van der Waals surface area contributed by atoms with Gasteiger partial charge >= 0.3 is 0 Å². The largest absolute Gasteiger partial charge is 0.351 e. The second-order valence-corrected chi connectivity index (χ2v) is 4.70. The maximum Gasteiger partial charge on any atom is 0.254 e. The Hall–Kier alpha value is -1.45. The van der Waals surface area contributed by atoms with Crippen molar-refractivity contribution >= 4 is 5.91 Å². The van der Waals surface area contributed by atoms with Crippen LogP contribution < -0.4 is 5.32 Å². The zero-order valence-corrected chi connectivity index (χ0v) is 9.29. The summed E-state index contributed by atoms with van der Waals surface area (Å²) in [7, 11) is 0. The zero-order valence-electron chi connectivity index (χ0n) is 9.29. The summed E-state index contributed by atoms with van der Waals surface area (Å²) in [5.74, 6) is -0.924. The maximum absolute atomic E-state index is 13.2. The van der Waals surface area contributed by atoms with Crippen LogP contribution in [0.15, 0.2) is 18.5 Å². The van der Waals surface area contributed by atoms with E-state index in [4.69, 9.17) is 0 Å². The second-order valence-electron chi connectivity index (χ2n) is 4.70. The van der Waals surface area contributed by atoms with E-state index in [-0.39, 0.29) is 16.9 Å². The molecular formula is C12H15FN2O. The van der Waals surface area contributed by atoms with Crippen molar-refractivity contribution in [1.82, 2.24) is 10.3 Å². The quantitative estimate of drug-likeness (QED) is 0.851. The van der Waals surface area contributed by atoms with Crippen molar-refractivity contribution < 1.29 is 9.18 Å². The van der Waals surface area contributed by atoms with Crippen molar-refractivity contribution in [3.05, 3.63) is 29.8 Å². The fourth-order valence-corrected chi connectivity index (χ4v) is 1.91. The molecule has 0 aliphatic heterocycles. The monoisotopic (exact) mass is 222 g/mol. The molecule has 0 atom stereocenters. The summed E-state index contributed by atoms with van der Waals surface area (Å²) in [5.41, 5.74) is 0.275. The summed E-state index contributed by atoms with van der Waals surface area (Å²) < 4.78 is 13.2. The van der Waals surface area contributed by atoms with Crippen LogP contribution in [-0.4, -0.2) is 17.4 Å². The van der Waals surface area contributed by atoms with Gasteiger partial charge in [0.05, 0.1) is 11.8 Å². The molecule has 86 valence electrons. The third-order valence-corrected chi connectivity index (χ3v) is 3.25. The molecule has 1 N–H and O–H groups in total. The molecule has 16 heavy (non-hydrogen) atoms. The van der Waals surface area contributed by atoms with Gasteiger partial charge in [0, 0.05) is 12.7 Å². The molecule has 0 saturated heterocycles. The molecule has 1 aromatic rings. The predicted octanol–water partition coefficient (Wildman–Crippen LogP) is 2.14. The van der Waals surface area contributed by atoms with Crippen LogP contribution in [-0.2, 0) is 0 Å². The van der Waals surface area contributed by atoms with Crippen LogP contribution in [0.1, 0.15) is 36.5 Å². The van der Waals surface area contributed by atoms with Gasteiger partial charge in [0.2, 0.25) is 0 Å². The van der Waals surface area contributed by atoms with Gasteiger partial charge in [0.25, 0.3) is 5.91 Å². The molecule has 3 nitrogen and oxygen atoms in total. The highest BCUT2D eigenvalue weighted by Crippen LogP contribution is 2.39. The standard InChI is InChI=1S/C12H15FN2O/c1-12(4-2-5-12)8-15-11(16)9-3-6-14-7-10(9)13/h3,6-7H,2,4-5,8H2,1H3,(H,15,16). The van der Waals surface area contributed by atoms with Crippen molar-refractivity contribution in [2.45, 2.75) is 26.2 Å². The number of pyridine rings is 1. The van der Waals surface area contributed by atoms with Crippen LogP contribution in [0.2, 0.25) is 0 Å². The van der Waals surface area contributed by atoms with Crippen molar-refractivity contribution in [3.8, 4) is 0 Å². The summed E-state index contributed by atoms with van der Waals surface area (Å²) in [5, 5.41) is 2.78. The first kappa shape index (κ1) is 11.0. The predicted molar refractivity (Wildman–Crippen MR) is 58.5 cm³/mol.